The van der Waals surface area contributed by atoms with E-state index in [1.807, 2.05) is 0 Å². The fraction of sp³-hybridized carbons (Fsp3) is 1.00. The van der Waals surface area contributed by atoms with Crippen molar-refractivity contribution in [1.82, 2.24) is 5.32 Å². The standard InChI is InChI=1S/C10H21N/c1-8-6-9(2,3)7-10(4,5)11-8/h8,11H,6-7H2,1-5H3. The molecule has 1 N–H and O–H groups in total. The van der Waals surface area contributed by atoms with Crippen LogP contribution in [-0.4, -0.2) is 11.6 Å². The Morgan fingerprint density at radius 2 is 1.73 bits per heavy atom. The highest BCUT2D eigenvalue weighted by Gasteiger charge is 2.35. The second-order valence-electron chi connectivity index (χ2n) is 5.47. The number of nitrogens with one attached hydrogen (secondary N) is 1. The molecule has 0 bridgehead atoms. The monoisotopic (exact) mass is 155 g/mol. The molecular weight excluding hydrogens is 134 g/mol. The summed E-state index contributed by atoms with van der Waals surface area (Å²) in [6.45, 7) is 11.6. The van der Waals surface area contributed by atoms with Crippen LogP contribution in [0.15, 0.2) is 0 Å². The maximum atomic E-state index is 3.61. The predicted octanol–water partition coefficient (Wildman–Crippen LogP) is 2.56. The molecule has 1 unspecified atom stereocenters. The van der Waals surface area contributed by atoms with Crippen molar-refractivity contribution < 1.29 is 0 Å². The topological polar surface area (TPSA) is 12.0 Å². The van der Waals surface area contributed by atoms with Crippen LogP contribution in [0.3, 0.4) is 0 Å². The van der Waals surface area contributed by atoms with Gasteiger partial charge < -0.3 is 5.32 Å². The van der Waals surface area contributed by atoms with Crippen molar-refractivity contribution >= 4 is 0 Å². The molecular formula is C10H21N. The average Bonchev–Trinajstić information content (AvgIpc) is 1.49. The van der Waals surface area contributed by atoms with Gasteiger partial charge >= 0.3 is 0 Å². The third kappa shape index (κ3) is 2.48. The van der Waals surface area contributed by atoms with Gasteiger partial charge in [-0.1, -0.05) is 13.8 Å². The van der Waals surface area contributed by atoms with Crippen LogP contribution in [0.5, 0.6) is 0 Å². The molecule has 1 rings (SSSR count). The minimum Gasteiger partial charge on any atom is -0.309 e. The highest BCUT2D eigenvalue weighted by Crippen LogP contribution is 2.36. The van der Waals surface area contributed by atoms with Gasteiger partial charge in [0.05, 0.1) is 0 Å². The Bertz CT molecular complexity index is 131. The van der Waals surface area contributed by atoms with Crippen LogP contribution in [0.1, 0.15) is 47.5 Å². The molecule has 66 valence electrons. The normalized spacial score (nSPS) is 35.2. The Morgan fingerprint density at radius 3 is 2.09 bits per heavy atom. The minimum absolute atomic E-state index is 0.334. The quantitative estimate of drug-likeness (QED) is 0.567. The minimum atomic E-state index is 0.334. The van der Waals surface area contributed by atoms with E-state index in [9.17, 15) is 0 Å². The Labute approximate surface area is 70.6 Å². The molecule has 1 aliphatic rings. The Hall–Kier alpha value is -0.0400. The van der Waals surface area contributed by atoms with E-state index in [1.165, 1.54) is 12.8 Å². The lowest BCUT2D eigenvalue weighted by Gasteiger charge is -2.45. The number of piperidine rings is 1. The van der Waals surface area contributed by atoms with Gasteiger partial charge in [-0.15, -0.1) is 0 Å². The summed E-state index contributed by atoms with van der Waals surface area (Å²) >= 11 is 0. The third-order valence-electron chi connectivity index (χ3n) is 2.42. The summed E-state index contributed by atoms with van der Waals surface area (Å²) in [5.74, 6) is 0. The predicted molar refractivity (Wildman–Crippen MR) is 49.7 cm³/mol. The highest BCUT2D eigenvalue weighted by atomic mass is 15.0. The Kier molecular flexibility index (Phi) is 2.04. The lowest BCUT2D eigenvalue weighted by Crippen LogP contribution is -2.53. The molecule has 1 aliphatic heterocycles. The van der Waals surface area contributed by atoms with E-state index in [1.54, 1.807) is 0 Å². The molecule has 1 saturated heterocycles. The third-order valence-corrected chi connectivity index (χ3v) is 2.42. The molecule has 1 heteroatoms. The molecule has 0 aromatic heterocycles. The molecule has 0 saturated carbocycles. The Morgan fingerprint density at radius 1 is 1.18 bits per heavy atom. The molecule has 0 aromatic rings. The maximum absolute atomic E-state index is 3.61. The number of hydrogen-bond donors (Lipinski definition) is 1. The lowest BCUT2D eigenvalue weighted by molar-refractivity contribution is 0.123. The summed E-state index contributed by atoms with van der Waals surface area (Å²) in [5.41, 5.74) is 0.856. The molecule has 1 atom stereocenters. The van der Waals surface area contributed by atoms with Crippen molar-refractivity contribution in [3.63, 3.8) is 0 Å². The summed E-state index contributed by atoms with van der Waals surface area (Å²) < 4.78 is 0. The average molecular weight is 155 g/mol. The van der Waals surface area contributed by atoms with E-state index in [4.69, 9.17) is 0 Å². The van der Waals surface area contributed by atoms with E-state index in [0.717, 1.165) is 0 Å². The highest BCUT2D eigenvalue weighted by molar-refractivity contribution is 4.93. The van der Waals surface area contributed by atoms with E-state index >= 15 is 0 Å². The summed E-state index contributed by atoms with van der Waals surface area (Å²) in [6.07, 6.45) is 2.58. The van der Waals surface area contributed by atoms with Crippen LogP contribution >= 0.6 is 0 Å². The maximum Gasteiger partial charge on any atom is 0.0132 e. The second-order valence-corrected chi connectivity index (χ2v) is 5.47. The van der Waals surface area contributed by atoms with Gasteiger partial charge in [0, 0.05) is 11.6 Å². The first-order valence-corrected chi connectivity index (χ1v) is 4.58. The zero-order valence-electron chi connectivity index (χ0n) is 8.49. The summed E-state index contributed by atoms with van der Waals surface area (Å²) in [4.78, 5) is 0. The smallest absolute Gasteiger partial charge is 0.0132 e. The van der Waals surface area contributed by atoms with Gasteiger partial charge in [0.2, 0.25) is 0 Å². The molecule has 0 aromatic carbocycles. The SMILES string of the molecule is CC1CC(C)(C)CC(C)(C)N1. The van der Waals surface area contributed by atoms with Crippen LogP contribution in [-0.2, 0) is 0 Å². The van der Waals surface area contributed by atoms with Crippen LogP contribution in [0, 0.1) is 5.41 Å². The van der Waals surface area contributed by atoms with Gasteiger partial charge in [0.1, 0.15) is 0 Å². The molecule has 0 aliphatic carbocycles. The van der Waals surface area contributed by atoms with Gasteiger partial charge in [-0.25, -0.2) is 0 Å². The van der Waals surface area contributed by atoms with Crippen LogP contribution < -0.4 is 5.32 Å². The fourth-order valence-corrected chi connectivity index (χ4v) is 2.87. The van der Waals surface area contributed by atoms with Gasteiger partial charge in [-0.2, -0.15) is 0 Å². The van der Waals surface area contributed by atoms with Crippen molar-refractivity contribution in [1.29, 1.82) is 0 Å². The molecule has 1 heterocycles. The molecule has 1 fully saturated rings. The lowest BCUT2D eigenvalue weighted by atomic mass is 9.72. The van der Waals surface area contributed by atoms with Gasteiger partial charge in [0.25, 0.3) is 0 Å². The van der Waals surface area contributed by atoms with E-state index < -0.39 is 0 Å². The molecule has 0 spiro atoms. The first kappa shape index (κ1) is 9.05. The van der Waals surface area contributed by atoms with Crippen molar-refractivity contribution in [2.24, 2.45) is 5.41 Å². The van der Waals surface area contributed by atoms with E-state index in [-0.39, 0.29) is 0 Å². The number of rotatable bonds is 0. The van der Waals surface area contributed by atoms with Gasteiger partial charge in [0.15, 0.2) is 0 Å². The van der Waals surface area contributed by atoms with Gasteiger partial charge in [-0.3, -0.25) is 0 Å². The zero-order chi connectivity index (χ0) is 8.70. The van der Waals surface area contributed by atoms with E-state index in [2.05, 4.69) is 39.9 Å². The largest absolute Gasteiger partial charge is 0.309 e. The van der Waals surface area contributed by atoms with Crippen molar-refractivity contribution in [3.8, 4) is 0 Å². The first-order chi connectivity index (χ1) is 4.81. The Balaban J connectivity index is 2.66. The number of hydrogen-bond acceptors (Lipinski definition) is 1. The van der Waals surface area contributed by atoms with Crippen LogP contribution in [0.2, 0.25) is 0 Å². The van der Waals surface area contributed by atoms with Crippen molar-refractivity contribution in [3.05, 3.63) is 0 Å². The fourth-order valence-electron chi connectivity index (χ4n) is 2.87. The van der Waals surface area contributed by atoms with E-state index in [0.29, 0.717) is 17.0 Å². The van der Waals surface area contributed by atoms with Crippen molar-refractivity contribution in [2.45, 2.75) is 59.0 Å². The molecule has 0 amide bonds. The zero-order valence-corrected chi connectivity index (χ0v) is 8.49. The van der Waals surface area contributed by atoms with Crippen LogP contribution in [0.25, 0.3) is 0 Å². The summed E-state index contributed by atoms with van der Waals surface area (Å²) in [5, 5.41) is 3.61. The molecule has 11 heavy (non-hydrogen) atoms. The molecule has 0 radical (unpaired) electrons. The summed E-state index contributed by atoms with van der Waals surface area (Å²) in [6, 6.07) is 0.675. The van der Waals surface area contributed by atoms with Gasteiger partial charge in [-0.05, 0) is 39.0 Å². The second kappa shape index (κ2) is 2.48. The first-order valence-electron chi connectivity index (χ1n) is 4.58. The van der Waals surface area contributed by atoms with Crippen LogP contribution in [0.4, 0.5) is 0 Å². The molecule has 1 nitrogen and oxygen atoms in total. The summed E-state index contributed by atoms with van der Waals surface area (Å²) in [7, 11) is 0. The van der Waals surface area contributed by atoms with Crippen molar-refractivity contribution in [2.75, 3.05) is 0 Å².